The Morgan fingerprint density at radius 2 is 2.38 bits per heavy atom. The number of methoxy groups -OCH3 is 1. The quantitative estimate of drug-likeness (QED) is 0.702. The Labute approximate surface area is 77.7 Å². The van der Waals surface area contributed by atoms with Crippen molar-refractivity contribution in [2.75, 3.05) is 20.3 Å². The molecule has 1 aromatic carbocycles. The molecule has 2 rings (SSSR count). The van der Waals surface area contributed by atoms with Gasteiger partial charge in [-0.05, 0) is 12.1 Å². The van der Waals surface area contributed by atoms with Crippen LogP contribution in [0.1, 0.15) is 5.56 Å². The molecular weight excluding hydrogens is 166 g/mol. The fourth-order valence-electron chi connectivity index (χ4n) is 1.49. The van der Waals surface area contributed by atoms with Gasteiger partial charge in [0.1, 0.15) is 18.1 Å². The molecule has 0 fully saturated rings. The third kappa shape index (κ3) is 1.60. The Morgan fingerprint density at radius 1 is 1.46 bits per heavy atom. The van der Waals surface area contributed by atoms with E-state index in [1.807, 2.05) is 18.2 Å². The lowest BCUT2D eigenvalue weighted by molar-refractivity contribution is 0.324. The number of hydrogen-bond acceptors (Lipinski definition) is 3. The lowest BCUT2D eigenvalue weighted by Gasteiger charge is -2.10. The van der Waals surface area contributed by atoms with Crippen molar-refractivity contribution in [2.45, 2.75) is 6.54 Å². The predicted octanol–water partition coefficient (Wildman–Crippen LogP) is 1.18. The van der Waals surface area contributed by atoms with E-state index < -0.39 is 0 Å². The maximum absolute atomic E-state index is 5.55. The molecule has 0 aliphatic carbocycles. The summed E-state index contributed by atoms with van der Waals surface area (Å²) >= 11 is 0. The molecule has 3 heteroatoms. The maximum atomic E-state index is 5.55. The van der Waals surface area contributed by atoms with Crippen molar-refractivity contribution in [2.24, 2.45) is 0 Å². The van der Waals surface area contributed by atoms with Crippen molar-refractivity contribution >= 4 is 0 Å². The Balaban J connectivity index is 2.40. The Kier molecular flexibility index (Phi) is 2.36. The van der Waals surface area contributed by atoms with Crippen LogP contribution in [-0.4, -0.2) is 20.3 Å². The highest BCUT2D eigenvalue weighted by Crippen LogP contribution is 2.28. The van der Waals surface area contributed by atoms with Crippen LogP contribution in [-0.2, 0) is 6.54 Å². The Hall–Kier alpha value is -1.22. The molecule has 13 heavy (non-hydrogen) atoms. The fraction of sp³-hybridized carbons (Fsp3) is 0.400. The van der Waals surface area contributed by atoms with Gasteiger partial charge in [-0.2, -0.15) is 0 Å². The lowest BCUT2D eigenvalue weighted by atomic mass is 10.2. The van der Waals surface area contributed by atoms with Crippen LogP contribution in [0.25, 0.3) is 0 Å². The van der Waals surface area contributed by atoms with E-state index >= 15 is 0 Å². The molecule has 1 heterocycles. The minimum atomic E-state index is 0.722. The molecule has 0 bridgehead atoms. The molecule has 70 valence electrons. The van der Waals surface area contributed by atoms with Crippen molar-refractivity contribution < 1.29 is 9.47 Å². The molecule has 0 radical (unpaired) electrons. The molecule has 0 aromatic heterocycles. The van der Waals surface area contributed by atoms with Crippen LogP contribution in [0.2, 0.25) is 0 Å². The van der Waals surface area contributed by atoms with Gasteiger partial charge in [0.25, 0.3) is 0 Å². The Morgan fingerprint density at radius 3 is 3.23 bits per heavy atom. The van der Waals surface area contributed by atoms with Gasteiger partial charge in [-0.1, -0.05) is 6.07 Å². The summed E-state index contributed by atoms with van der Waals surface area (Å²) in [5, 5.41) is 3.27. The summed E-state index contributed by atoms with van der Waals surface area (Å²) in [6.45, 7) is 2.43. The van der Waals surface area contributed by atoms with Crippen LogP contribution in [0.15, 0.2) is 18.2 Å². The summed E-state index contributed by atoms with van der Waals surface area (Å²) in [6, 6.07) is 5.88. The Bertz CT molecular complexity index is 299. The molecule has 0 saturated carbocycles. The van der Waals surface area contributed by atoms with Crippen LogP contribution >= 0.6 is 0 Å². The average Bonchev–Trinajstić information content (AvgIpc) is 2.41. The van der Waals surface area contributed by atoms with Crippen molar-refractivity contribution in [1.29, 1.82) is 0 Å². The van der Waals surface area contributed by atoms with Crippen molar-refractivity contribution in [3.05, 3.63) is 23.8 Å². The zero-order chi connectivity index (χ0) is 9.10. The predicted molar refractivity (Wildman–Crippen MR) is 50.2 cm³/mol. The summed E-state index contributed by atoms with van der Waals surface area (Å²) in [6.07, 6.45) is 0. The largest absolute Gasteiger partial charge is 0.496 e. The van der Waals surface area contributed by atoms with E-state index in [9.17, 15) is 0 Å². The topological polar surface area (TPSA) is 30.5 Å². The van der Waals surface area contributed by atoms with Crippen molar-refractivity contribution in [3.8, 4) is 11.5 Å². The van der Waals surface area contributed by atoms with E-state index in [-0.39, 0.29) is 0 Å². The molecule has 1 aliphatic heterocycles. The molecular formula is C10H13NO2. The molecule has 0 unspecified atom stereocenters. The van der Waals surface area contributed by atoms with Gasteiger partial charge < -0.3 is 14.8 Å². The van der Waals surface area contributed by atoms with Crippen molar-refractivity contribution in [3.63, 3.8) is 0 Å². The summed E-state index contributed by atoms with van der Waals surface area (Å²) in [7, 11) is 1.68. The molecule has 0 amide bonds. The first-order valence-electron chi connectivity index (χ1n) is 4.41. The highest BCUT2D eigenvalue weighted by molar-refractivity contribution is 5.45. The number of ether oxygens (including phenoxy) is 2. The number of nitrogens with one attached hydrogen (secondary N) is 1. The molecule has 0 saturated heterocycles. The normalized spacial score (nSPS) is 15.5. The standard InChI is InChI=1S/C10H13NO2/c1-12-9-3-2-4-10-8(9)7-11-5-6-13-10/h2-4,11H,5-7H2,1H3. The van der Waals surface area contributed by atoms with E-state index in [2.05, 4.69) is 5.32 Å². The molecule has 0 spiro atoms. The second-order valence-corrected chi connectivity index (χ2v) is 2.96. The van der Waals surface area contributed by atoms with Crippen LogP contribution < -0.4 is 14.8 Å². The smallest absolute Gasteiger partial charge is 0.127 e. The first-order valence-corrected chi connectivity index (χ1v) is 4.41. The van der Waals surface area contributed by atoms with E-state index in [0.717, 1.165) is 36.8 Å². The van der Waals surface area contributed by atoms with E-state index in [1.54, 1.807) is 7.11 Å². The van der Waals surface area contributed by atoms with Crippen molar-refractivity contribution in [1.82, 2.24) is 5.32 Å². The highest BCUT2D eigenvalue weighted by atomic mass is 16.5. The van der Waals surface area contributed by atoms with Gasteiger partial charge in [-0.3, -0.25) is 0 Å². The third-order valence-corrected chi connectivity index (χ3v) is 2.15. The van der Waals surface area contributed by atoms with Crippen LogP contribution in [0.3, 0.4) is 0 Å². The summed E-state index contributed by atoms with van der Waals surface area (Å²) in [5.74, 6) is 1.83. The van der Waals surface area contributed by atoms with Gasteiger partial charge in [0.05, 0.1) is 7.11 Å². The SMILES string of the molecule is COc1cccc2c1CNCCO2. The van der Waals surface area contributed by atoms with Gasteiger partial charge in [-0.15, -0.1) is 0 Å². The summed E-state index contributed by atoms with van der Waals surface area (Å²) in [5.41, 5.74) is 1.11. The summed E-state index contributed by atoms with van der Waals surface area (Å²) < 4.78 is 10.8. The lowest BCUT2D eigenvalue weighted by Crippen LogP contribution is -2.16. The second-order valence-electron chi connectivity index (χ2n) is 2.96. The van der Waals surface area contributed by atoms with E-state index in [1.165, 1.54) is 0 Å². The zero-order valence-electron chi connectivity index (χ0n) is 7.67. The maximum Gasteiger partial charge on any atom is 0.127 e. The fourth-order valence-corrected chi connectivity index (χ4v) is 1.49. The number of hydrogen-bond donors (Lipinski definition) is 1. The van der Waals surface area contributed by atoms with Gasteiger partial charge in [0, 0.05) is 18.7 Å². The van der Waals surface area contributed by atoms with E-state index in [0.29, 0.717) is 0 Å². The van der Waals surface area contributed by atoms with Gasteiger partial charge in [0.15, 0.2) is 0 Å². The second kappa shape index (κ2) is 3.66. The first kappa shape index (κ1) is 8.38. The van der Waals surface area contributed by atoms with Crippen LogP contribution in [0, 0.1) is 0 Å². The minimum Gasteiger partial charge on any atom is -0.496 e. The van der Waals surface area contributed by atoms with Gasteiger partial charge in [-0.25, -0.2) is 0 Å². The zero-order valence-corrected chi connectivity index (χ0v) is 7.67. The van der Waals surface area contributed by atoms with E-state index in [4.69, 9.17) is 9.47 Å². The van der Waals surface area contributed by atoms with Crippen LogP contribution in [0.4, 0.5) is 0 Å². The molecule has 1 aliphatic rings. The summed E-state index contributed by atoms with van der Waals surface area (Å²) in [4.78, 5) is 0. The number of fused-ring (bicyclic) bond motifs is 1. The molecule has 1 N–H and O–H groups in total. The molecule has 3 nitrogen and oxygen atoms in total. The monoisotopic (exact) mass is 179 g/mol. The minimum absolute atomic E-state index is 0.722. The first-order chi connectivity index (χ1) is 6.42. The average molecular weight is 179 g/mol. The molecule has 0 atom stereocenters. The van der Waals surface area contributed by atoms with Gasteiger partial charge >= 0.3 is 0 Å². The number of rotatable bonds is 1. The van der Waals surface area contributed by atoms with Crippen LogP contribution in [0.5, 0.6) is 11.5 Å². The highest BCUT2D eigenvalue weighted by Gasteiger charge is 2.12. The number of benzene rings is 1. The van der Waals surface area contributed by atoms with Gasteiger partial charge in [0.2, 0.25) is 0 Å². The molecule has 1 aromatic rings. The third-order valence-electron chi connectivity index (χ3n) is 2.15.